The Morgan fingerprint density at radius 3 is 2.66 bits per heavy atom. The van der Waals surface area contributed by atoms with Crippen molar-refractivity contribution in [2.45, 2.75) is 13.2 Å². The van der Waals surface area contributed by atoms with Gasteiger partial charge in [-0.2, -0.15) is 4.39 Å². The molecule has 0 saturated heterocycles. The number of rotatable bonds is 7. The van der Waals surface area contributed by atoms with Gasteiger partial charge in [0.05, 0.1) is 0 Å². The minimum atomic E-state index is -4.78. The van der Waals surface area contributed by atoms with Crippen LogP contribution < -0.4 is 4.90 Å². The van der Waals surface area contributed by atoms with Crippen molar-refractivity contribution in [1.82, 2.24) is 14.5 Å². The van der Waals surface area contributed by atoms with Gasteiger partial charge in [-0.15, -0.1) is 0 Å². The van der Waals surface area contributed by atoms with E-state index in [1.165, 1.54) is 34.7 Å². The molecule has 3 heterocycles. The van der Waals surface area contributed by atoms with Gasteiger partial charge in [0.2, 0.25) is 11.9 Å². The average Bonchev–Trinajstić information content (AvgIpc) is 3.21. The summed E-state index contributed by atoms with van der Waals surface area (Å²) in [6.07, 6.45) is 4.71. The van der Waals surface area contributed by atoms with Crippen molar-refractivity contribution in [2.75, 3.05) is 11.9 Å². The number of phosphoric ester groups is 1. The van der Waals surface area contributed by atoms with E-state index in [0.717, 1.165) is 11.1 Å². The van der Waals surface area contributed by atoms with E-state index in [-0.39, 0.29) is 5.91 Å². The molecule has 1 aromatic carbocycles. The maximum atomic E-state index is 13.9. The second kappa shape index (κ2) is 9.52. The van der Waals surface area contributed by atoms with Crippen LogP contribution >= 0.6 is 7.82 Å². The third-order valence-electron chi connectivity index (χ3n) is 5.46. The number of phosphoric acid groups is 1. The van der Waals surface area contributed by atoms with Crippen LogP contribution in [-0.2, 0) is 13.9 Å². The standard InChI is InChI=1S/C24H22FN4O5P/c1-4-23(30)28(3)19-7-5-6-16(10-19)18-11-20-21(17-8-9-26-22(25)12-17)14-29(24(20)27-13-18)15(2)34-35(31,32)33/h4-15H,1H2,2-3H3,(H2,31,32,33). The molecule has 11 heteroatoms. The van der Waals surface area contributed by atoms with Gasteiger partial charge in [0.25, 0.3) is 0 Å². The Hall–Kier alpha value is -3.69. The fourth-order valence-corrected chi connectivity index (χ4v) is 4.27. The molecule has 2 N–H and O–H groups in total. The topological polar surface area (TPSA) is 118 Å². The van der Waals surface area contributed by atoms with Crippen molar-refractivity contribution in [1.29, 1.82) is 0 Å². The third-order valence-corrected chi connectivity index (χ3v) is 6.04. The van der Waals surface area contributed by atoms with Crippen LogP contribution in [-0.4, -0.2) is 37.3 Å². The summed E-state index contributed by atoms with van der Waals surface area (Å²) in [6.45, 7) is 4.98. The molecule has 9 nitrogen and oxygen atoms in total. The highest BCUT2D eigenvalue weighted by Gasteiger charge is 2.23. The number of halogens is 1. The van der Waals surface area contributed by atoms with Crippen molar-refractivity contribution >= 4 is 30.5 Å². The SMILES string of the molecule is C=CC(=O)N(C)c1cccc(-c2cnc3c(c2)c(-c2ccnc(F)c2)cn3C(C)OP(=O)(O)O)c1. The summed E-state index contributed by atoms with van der Waals surface area (Å²) >= 11 is 0. The van der Waals surface area contributed by atoms with Crippen LogP contribution in [0.5, 0.6) is 0 Å². The zero-order valence-corrected chi connectivity index (χ0v) is 19.8. The van der Waals surface area contributed by atoms with E-state index in [1.54, 1.807) is 31.6 Å². The molecule has 1 atom stereocenters. The van der Waals surface area contributed by atoms with Gasteiger partial charge in [-0.05, 0) is 48.4 Å². The molecule has 180 valence electrons. The number of likely N-dealkylation sites (N-methyl/N-ethyl adjacent to an activating group) is 1. The third kappa shape index (κ3) is 5.21. The molecule has 1 unspecified atom stereocenters. The second-order valence-electron chi connectivity index (χ2n) is 7.76. The number of hydrogen-bond donors (Lipinski definition) is 2. The van der Waals surface area contributed by atoms with Gasteiger partial charge in [-0.25, -0.2) is 14.5 Å². The molecule has 1 amide bonds. The Morgan fingerprint density at radius 1 is 1.20 bits per heavy atom. The van der Waals surface area contributed by atoms with Crippen LogP contribution in [0.25, 0.3) is 33.3 Å². The van der Waals surface area contributed by atoms with Gasteiger partial charge in [0, 0.05) is 53.9 Å². The predicted molar refractivity (Wildman–Crippen MR) is 130 cm³/mol. The summed E-state index contributed by atoms with van der Waals surface area (Å²) in [4.78, 5) is 40.1. The molecule has 4 rings (SSSR count). The first-order valence-electron chi connectivity index (χ1n) is 10.4. The summed E-state index contributed by atoms with van der Waals surface area (Å²) in [7, 11) is -3.13. The van der Waals surface area contributed by atoms with E-state index >= 15 is 0 Å². The van der Waals surface area contributed by atoms with Crippen LogP contribution in [0.4, 0.5) is 10.1 Å². The number of amides is 1. The highest BCUT2D eigenvalue weighted by atomic mass is 31.2. The highest BCUT2D eigenvalue weighted by Crippen LogP contribution is 2.42. The largest absolute Gasteiger partial charge is 0.471 e. The predicted octanol–water partition coefficient (Wildman–Crippen LogP) is 4.68. The Kier molecular flexibility index (Phi) is 6.64. The van der Waals surface area contributed by atoms with Crippen molar-refractivity contribution in [2.24, 2.45) is 0 Å². The molecule has 0 aliphatic heterocycles. The first-order chi connectivity index (χ1) is 16.6. The number of nitrogens with zero attached hydrogens (tertiary/aromatic N) is 4. The van der Waals surface area contributed by atoms with Gasteiger partial charge in [0.1, 0.15) is 11.9 Å². The van der Waals surface area contributed by atoms with Gasteiger partial charge in [0.15, 0.2) is 0 Å². The van der Waals surface area contributed by atoms with E-state index in [2.05, 4.69) is 16.5 Å². The normalized spacial score (nSPS) is 12.5. The number of carbonyl (C=O) groups is 1. The molecule has 0 aliphatic rings. The lowest BCUT2D eigenvalue weighted by molar-refractivity contribution is -0.113. The number of fused-ring (bicyclic) bond motifs is 1. The summed E-state index contributed by atoms with van der Waals surface area (Å²) in [6, 6.07) is 12.0. The van der Waals surface area contributed by atoms with Crippen LogP contribution in [0.3, 0.4) is 0 Å². The molecule has 0 aliphatic carbocycles. The zero-order valence-electron chi connectivity index (χ0n) is 18.9. The summed E-state index contributed by atoms with van der Waals surface area (Å²) in [5.41, 5.74) is 3.62. The lowest BCUT2D eigenvalue weighted by atomic mass is 10.0. The van der Waals surface area contributed by atoms with Crippen LogP contribution in [0.1, 0.15) is 13.2 Å². The fraction of sp³-hybridized carbons (Fsp3) is 0.125. The summed E-state index contributed by atoms with van der Waals surface area (Å²) < 4.78 is 31.6. The minimum absolute atomic E-state index is 0.256. The molecular weight excluding hydrogens is 474 g/mol. The summed E-state index contributed by atoms with van der Waals surface area (Å²) in [5.74, 6) is -0.927. The molecule has 4 aromatic rings. The number of benzene rings is 1. The van der Waals surface area contributed by atoms with E-state index in [9.17, 15) is 23.5 Å². The second-order valence-corrected chi connectivity index (χ2v) is 8.95. The molecular formula is C24H22FN4O5P. The first-order valence-corrected chi connectivity index (χ1v) is 12.0. The molecule has 0 radical (unpaired) electrons. The van der Waals surface area contributed by atoms with E-state index < -0.39 is 20.0 Å². The molecule has 0 fully saturated rings. The Bertz CT molecular complexity index is 1480. The maximum Gasteiger partial charge on any atom is 0.471 e. The van der Waals surface area contributed by atoms with E-state index in [4.69, 9.17) is 4.52 Å². The number of carbonyl (C=O) groups excluding carboxylic acids is 1. The highest BCUT2D eigenvalue weighted by molar-refractivity contribution is 7.46. The fourth-order valence-electron chi connectivity index (χ4n) is 3.77. The number of hydrogen-bond acceptors (Lipinski definition) is 5. The van der Waals surface area contributed by atoms with Gasteiger partial charge in [-0.1, -0.05) is 18.7 Å². The minimum Gasteiger partial charge on any atom is -0.312 e. The smallest absolute Gasteiger partial charge is 0.312 e. The van der Waals surface area contributed by atoms with Crippen LogP contribution in [0.15, 0.2) is 73.7 Å². The Labute approximate surface area is 200 Å². The van der Waals surface area contributed by atoms with Crippen molar-refractivity contribution < 1.29 is 28.1 Å². The molecule has 0 saturated carbocycles. The first kappa shape index (κ1) is 24.4. The monoisotopic (exact) mass is 496 g/mol. The number of pyridine rings is 2. The molecule has 0 bridgehead atoms. The van der Waals surface area contributed by atoms with Gasteiger partial charge >= 0.3 is 7.82 Å². The molecule has 3 aromatic heterocycles. The zero-order chi connectivity index (χ0) is 25.3. The van der Waals surface area contributed by atoms with Crippen molar-refractivity contribution in [3.05, 3.63) is 79.7 Å². The Morgan fingerprint density at radius 2 is 1.97 bits per heavy atom. The molecule has 0 spiro atoms. The molecule has 35 heavy (non-hydrogen) atoms. The van der Waals surface area contributed by atoms with Gasteiger partial charge in [-0.3, -0.25) is 9.32 Å². The van der Waals surface area contributed by atoms with E-state index in [1.807, 2.05) is 24.3 Å². The Balaban J connectivity index is 1.87. The lowest BCUT2D eigenvalue weighted by Crippen LogP contribution is -2.23. The van der Waals surface area contributed by atoms with Gasteiger partial charge < -0.3 is 19.3 Å². The quantitative estimate of drug-likeness (QED) is 0.217. The van der Waals surface area contributed by atoms with Crippen molar-refractivity contribution in [3.8, 4) is 22.3 Å². The van der Waals surface area contributed by atoms with E-state index in [0.29, 0.717) is 27.8 Å². The van der Waals surface area contributed by atoms with Crippen molar-refractivity contribution in [3.63, 3.8) is 0 Å². The average molecular weight is 496 g/mol. The van der Waals surface area contributed by atoms with Crippen LogP contribution in [0.2, 0.25) is 0 Å². The summed E-state index contributed by atoms with van der Waals surface area (Å²) in [5, 5.41) is 0.607. The number of aromatic nitrogens is 3. The lowest BCUT2D eigenvalue weighted by Gasteiger charge is -2.17. The number of anilines is 1. The van der Waals surface area contributed by atoms with Crippen LogP contribution in [0, 0.1) is 5.95 Å². The maximum absolute atomic E-state index is 13.9.